The molecule has 0 saturated heterocycles. The monoisotopic (exact) mass is 392 g/mol. The van der Waals surface area contributed by atoms with Gasteiger partial charge in [-0.3, -0.25) is 14.5 Å². The van der Waals surface area contributed by atoms with E-state index in [-0.39, 0.29) is 12.5 Å². The second kappa shape index (κ2) is 8.10. The molecular weight excluding hydrogens is 368 g/mol. The van der Waals surface area contributed by atoms with E-state index < -0.39 is 0 Å². The van der Waals surface area contributed by atoms with Crippen LogP contribution in [0, 0.1) is 11.7 Å². The summed E-state index contributed by atoms with van der Waals surface area (Å²) in [7, 11) is 0. The molecule has 0 radical (unpaired) electrons. The van der Waals surface area contributed by atoms with Gasteiger partial charge in [-0.2, -0.15) is 5.10 Å². The number of hydrogen-bond donors (Lipinski definition) is 2. The molecule has 1 aliphatic rings. The summed E-state index contributed by atoms with van der Waals surface area (Å²) in [5.41, 5.74) is 4.89. The van der Waals surface area contributed by atoms with Crippen LogP contribution in [0.15, 0.2) is 48.5 Å². The van der Waals surface area contributed by atoms with E-state index in [2.05, 4.69) is 39.8 Å². The van der Waals surface area contributed by atoms with E-state index in [0.717, 1.165) is 18.4 Å². The number of nitrogens with zero attached hydrogens (tertiary/aromatic N) is 2. The van der Waals surface area contributed by atoms with Crippen LogP contribution in [0.2, 0.25) is 0 Å². The number of fused-ring (bicyclic) bond motifs is 1. The molecule has 1 unspecified atom stereocenters. The van der Waals surface area contributed by atoms with Gasteiger partial charge in [0.25, 0.3) is 0 Å². The van der Waals surface area contributed by atoms with Gasteiger partial charge < -0.3 is 5.32 Å². The Bertz CT molecular complexity index is 1040. The molecule has 0 fully saturated rings. The van der Waals surface area contributed by atoms with Gasteiger partial charge in [-0.05, 0) is 49.5 Å². The number of H-pyrrole nitrogens is 1. The maximum absolute atomic E-state index is 12.6. The zero-order valence-electron chi connectivity index (χ0n) is 15.9. The van der Waals surface area contributed by atoms with Crippen molar-refractivity contribution in [2.75, 3.05) is 6.54 Å². The molecule has 6 heteroatoms. The quantitative estimate of drug-likeness (QED) is 0.641. The third-order valence-electron chi connectivity index (χ3n) is 5.41. The number of aromatic nitrogens is 3. The lowest BCUT2D eigenvalue weighted by Gasteiger charge is -2.25. The predicted molar refractivity (Wildman–Crippen MR) is 113 cm³/mol. The van der Waals surface area contributed by atoms with Gasteiger partial charge in [-0.25, -0.2) is 0 Å². The number of aryl methyl sites for hydroxylation is 2. The summed E-state index contributed by atoms with van der Waals surface area (Å²) in [5.74, 6) is 1.01. The van der Waals surface area contributed by atoms with E-state index in [0.29, 0.717) is 23.1 Å². The molecule has 1 atom stereocenters. The number of aromatic amines is 1. The Morgan fingerprint density at radius 2 is 2.04 bits per heavy atom. The van der Waals surface area contributed by atoms with E-state index in [1.165, 1.54) is 23.1 Å². The van der Waals surface area contributed by atoms with E-state index in [1.807, 2.05) is 31.2 Å². The minimum absolute atomic E-state index is 0.0473. The van der Waals surface area contributed by atoms with Crippen molar-refractivity contribution >= 4 is 18.1 Å². The maximum Gasteiger partial charge on any atom is 0.240 e. The first-order valence-electron chi connectivity index (χ1n) is 9.68. The Balaban J connectivity index is 1.45. The number of rotatable bonds is 5. The summed E-state index contributed by atoms with van der Waals surface area (Å²) in [5, 5.41) is 10.2. The van der Waals surface area contributed by atoms with Gasteiger partial charge in [-0.15, -0.1) is 0 Å². The number of nitrogens with one attached hydrogen (secondary N) is 2. The summed E-state index contributed by atoms with van der Waals surface area (Å²) in [6.07, 6.45) is 3.41. The predicted octanol–water partition coefficient (Wildman–Crippen LogP) is 4.15. The first kappa shape index (κ1) is 18.6. The molecule has 2 N–H and O–H groups in total. The first-order valence-corrected chi connectivity index (χ1v) is 10.1. The molecule has 1 amide bonds. The van der Waals surface area contributed by atoms with Crippen molar-refractivity contribution < 1.29 is 4.79 Å². The van der Waals surface area contributed by atoms with Crippen LogP contribution in [-0.2, 0) is 17.8 Å². The highest BCUT2D eigenvalue weighted by molar-refractivity contribution is 7.71. The van der Waals surface area contributed by atoms with Gasteiger partial charge in [-0.1, -0.05) is 54.1 Å². The van der Waals surface area contributed by atoms with Gasteiger partial charge in [0.15, 0.2) is 10.6 Å². The van der Waals surface area contributed by atoms with Crippen molar-refractivity contribution in [1.29, 1.82) is 0 Å². The largest absolute Gasteiger partial charge is 0.354 e. The van der Waals surface area contributed by atoms with Crippen molar-refractivity contribution in [3.8, 4) is 11.4 Å². The van der Waals surface area contributed by atoms with Crippen molar-refractivity contribution in [1.82, 2.24) is 20.1 Å². The standard InChI is InChI=1S/C22H24N4OS/c1-15-9-11-17(12-10-15)21-24-25-22(28)26(21)14-20(27)23-13-18-7-4-6-16-5-2-3-8-19(16)18/h2-3,5,8-12,18H,4,6-7,13-14H2,1H3,(H,23,27)(H,25,28). The third kappa shape index (κ3) is 3.92. The van der Waals surface area contributed by atoms with E-state index in [4.69, 9.17) is 12.2 Å². The fourth-order valence-corrected chi connectivity index (χ4v) is 4.09. The second-order valence-electron chi connectivity index (χ2n) is 7.40. The van der Waals surface area contributed by atoms with Gasteiger partial charge in [0.05, 0.1) is 0 Å². The van der Waals surface area contributed by atoms with Crippen LogP contribution >= 0.6 is 12.2 Å². The molecule has 2 aromatic carbocycles. The third-order valence-corrected chi connectivity index (χ3v) is 5.72. The average molecular weight is 393 g/mol. The Labute approximate surface area is 169 Å². The van der Waals surface area contributed by atoms with Crippen LogP contribution in [-0.4, -0.2) is 27.2 Å². The van der Waals surface area contributed by atoms with Crippen LogP contribution in [0.5, 0.6) is 0 Å². The van der Waals surface area contributed by atoms with Crippen molar-refractivity contribution in [3.63, 3.8) is 0 Å². The number of carbonyl (C=O) groups excluding carboxylic acids is 1. The molecule has 4 rings (SSSR count). The van der Waals surface area contributed by atoms with Gasteiger partial charge in [0.1, 0.15) is 6.54 Å². The Morgan fingerprint density at radius 3 is 2.86 bits per heavy atom. The maximum atomic E-state index is 12.6. The average Bonchev–Trinajstić information content (AvgIpc) is 3.07. The molecule has 0 aliphatic heterocycles. The van der Waals surface area contributed by atoms with Gasteiger partial charge >= 0.3 is 0 Å². The summed E-state index contributed by atoms with van der Waals surface area (Å²) in [6.45, 7) is 2.85. The smallest absolute Gasteiger partial charge is 0.240 e. The lowest BCUT2D eigenvalue weighted by molar-refractivity contribution is -0.121. The van der Waals surface area contributed by atoms with Crippen LogP contribution < -0.4 is 5.32 Å². The van der Waals surface area contributed by atoms with Crippen LogP contribution in [0.25, 0.3) is 11.4 Å². The van der Waals surface area contributed by atoms with Crippen LogP contribution in [0.4, 0.5) is 0 Å². The molecule has 3 aromatic rings. The van der Waals surface area contributed by atoms with E-state index in [9.17, 15) is 4.79 Å². The Hall–Kier alpha value is -2.73. The second-order valence-corrected chi connectivity index (χ2v) is 7.78. The summed E-state index contributed by atoms with van der Waals surface area (Å²) in [4.78, 5) is 12.6. The highest BCUT2D eigenvalue weighted by Gasteiger charge is 2.20. The normalized spacial score (nSPS) is 15.8. The fraction of sp³-hybridized carbons (Fsp3) is 0.318. The summed E-state index contributed by atoms with van der Waals surface area (Å²) in [6, 6.07) is 16.6. The zero-order chi connectivity index (χ0) is 19.5. The molecule has 0 saturated carbocycles. The van der Waals surface area contributed by atoms with Crippen molar-refractivity contribution in [3.05, 3.63) is 70.0 Å². The highest BCUT2D eigenvalue weighted by atomic mass is 32.1. The molecule has 1 aliphatic carbocycles. The van der Waals surface area contributed by atoms with Gasteiger partial charge in [0, 0.05) is 18.0 Å². The van der Waals surface area contributed by atoms with Crippen molar-refractivity contribution in [2.24, 2.45) is 0 Å². The zero-order valence-corrected chi connectivity index (χ0v) is 16.8. The fourth-order valence-electron chi connectivity index (χ4n) is 3.89. The number of carbonyl (C=O) groups is 1. The minimum Gasteiger partial charge on any atom is -0.354 e. The minimum atomic E-state index is -0.0473. The molecule has 0 spiro atoms. The molecule has 28 heavy (non-hydrogen) atoms. The molecule has 144 valence electrons. The Morgan fingerprint density at radius 1 is 1.25 bits per heavy atom. The Kier molecular flexibility index (Phi) is 5.39. The lowest BCUT2D eigenvalue weighted by atomic mass is 9.83. The van der Waals surface area contributed by atoms with Crippen molar-refractivity contribution in [2.45, 2.75) is 38.6 Å². The van der Waals surface area contributed by atoms with E-state index in [1.54, 1.807) is 4.57 Å². The highest BCUT2D eigenvalue weighted by Crippen LogP contribution is 2.30. The molecular formula is C22H24N4OS. The topological polar surface area (TPSA) is 62.7 Å². The first-order chi connectivity index (χ1) is 13.6. The van der Waals surface area contributed by atoms with E-state index >= 15 is 0 Å². The summed E-state index contributed by atoms with van der Waals surface area (Å²) < 4.78 is 2.21. The lowest BCUT2D eigenvalue weighted by Crippen LogP contribution is -2.32. The number of amides is 1. The van der Waals surface area contributed by atoms with Crippen LogP contribution in [0.3, 0.4) is 0 Å². The van der Waals surface area contributed by atoms with Crippen LogP contribution in [0.1, 0.15) is 35.4 Å². The number of hydrogen-bond acceptors (Lipinski definition) is 3. The molecule has 1 heterocycles. The van der Waals surface area contributed by atoms with Gasteiger partial charge in [0.2, 0.25) is 5.91 Å². The number of benzene rings is 2. The SMILES string of the molecule is Cc1ccc(-c2n[nH]c(=S)n2CC(=O)NCC2CCCc3ccccc32)cc1. The molecule has 1 aromatic heterocycles. The molecule has 0 bridgehead atoms. The molecule has 5 nitrogen and oxygen atoms in total. The summed E-state index contributed by atoms with van der Waals surface area (Å²) >= 11 is 5.34.